The second-order valence-electron chi connectivity index (χ2n) is 1.18. The zero-order valence-corrected chi connectivity index (χ0v) is 4.48. The number of hydrogen-bond donors (Lipinski definition) is 0. The maximum absolute atomic E-state index is 8.16. The molecule has 0 bridgehead atoms. The van der Waals surface area contributed by atoms with Gasteiger partial charge in [0, 0.05) is 17.9 Å². The monoisotopic (exact) mass is 121 g/mol. The smallest absolute Gasteiger partial charge is 0.228 e. The molecular weight excluding hydrogens is 118 g/mol. The highest BCUT2D eigenvalue weighted by Gasteiger charge is 1.83. The summed E-state index contributed by atoms with van der Waals surface area (Å²) < 4.78 is 0. The molecule has 0 atom stereocenters. The molecule has 0 aliphatic carbocycles. The predicted octanol–water partition coefficient (Wildman–Crippen LogP) is 0.229. The van der Waals surface area contributed by atoms with Gasteiger partial charge in [0.1, 0.15) is 6.07 Å². The van der Waals surface area contributed by atoms with Crippen LogP contribution in [0.2, 0.25) is 0 Å². The summed E-state index contributed by atoms with van der Waals surface area (Å²) in [4.78, 5) is 7.25. The SMILES string of the molecule is N#Cc1ncccn1.[O]. The molecule has 0 unspecified atom stereocenters. The van der Waals surface area contributed by atoms with Crippen LogP contribution in [-0.2, 0) is 5.48 Å². The molecule has 0 fully saturated rings. The molecule has 0 saturated carbocycles. The highest BCUT2D eigenvalue weighted by Crippen LogP contribution is 1.79. The first-order valence-electron chi connectivity index (χ1n) is 2.10. The van der Waals surface area contributed by atoms with Crippen molar-refractivity contribution < 1.29 is 5.48 Å². The van der Waals surface area contributed by atoms with Crippen LogP contribution in [-0.4, -0.2) is 9.97 Å². The molecule has 1 aromatic heterocycles. The minimum Gasteiger partial charge on any atom is -0.228 e. The van der Waals surface area contributed by atoms with Gasteiger partial charge in [-0.15, -0.1) is 0 Å². The normalized spacial score (nSPS) is 7.00. The fourth-order valence-electron chi connectivity index (χ4n) is 0.357. The molecule has 0 aliphatic heterocycles. The van der Waals surface area contributed by atoms with Crippen LogP contribution in [0.25, 0.3) is 0 Å². The van der Waals surface area contributed by atoms with Gasteiger partial charge in [0.15, 0.2) is 0 Å². The van der Waals surface area contributed by atoms with Gasteiger partial charge in [0.05, 0.1) is 0 Å². The maximum atomic E-state index is 8.16. The Labute approximate surface area is 52.1 Å². The van der Waals surface area contributed by atoms with Gasteiger partial charge in [-0.05, 0) is 6.07 Å². The highest BCUT2D eigenvalue weighted by atomic mass is 16.0. The summed E-state index contributed by atoms with van der Waals surface area (Å²) in [6.07, 6.45) is 3.07. The molecule has 9 heavy (non-hydrogen) atoms. The van der Waals surface area contributed by atoms with E-state index in [-0.39, 0.29) is 11.3 Å². The third-order valence-corrected chi connectivity index (χ3v) is 0.666. The number of hydrogen-bond acceptors (Lipinski definition) is 3. The van der Waals surface area contributed by atoms with Crippen molar-refractivity contribution in [1.29, 1.82) is 5.26 Å². The van der Waals surface area contributed by atoms with Crippen molar-refractivity contribution in [2.24, 2.45) is 0 Å². The van der Waals surface area contributed by atoms with E-state index < -0.39 is 0 Å². The summed E-state index contributed by atoms with van der Waals surface area (Å²) in [6, 6.07) is 3.47. The molecule has 0 saturated heterocycles. The number of nitriles is 1. The van der Waals surface area contributed by atoms with E-state index in [1.54, 1.807) is 12.1 Å². The molecule has 4 heteroatoms. The van der Waals surface area contributed by atoms with E-state index in [0.717, 1.165) is 0 Å². The third-order valence-electron chi connectivity index (χ3n) is 0.666. The molecule has 0 amide bonds. The van der Waals surface area contributed by atoms with Crippen LogP contribution in [0.3, 0.4) is 0 Å². The second-order valence-corrected chi connectivity index (χ2v) is 1.18. The Morgan fingerprint density at radius 1 is 1.33 bits per heavy atom. The van der Waals surface area contributed by atoms with Gasteiger partial charge in [-0.1, -0.05) is 0 Å². The molecule has 44 valence electrons. The highest BCUT2D eigenvalue weighted by molar-refractivity contribution is 5.06. The fraction of sp³-hybridized carbons (Fsp3) is 0. The van der Waals surface area contributed by atoms with Crippen LogP contribution in [0, 0.1) is 11.3 Å². The second kappa shape index (κ2) is 3.52. The average molecular weight is 121 g/mol. The van der Waals surface area contributed by atoms with E-state index >= 15 is 0 Å². The minimum absolute atomic E-state index is 0. The van der Waals surface area contributed by atoms with Crippen LogP contribution in [0.1, 0.15) is 5.82 Å². The maximum Gasteiger partial charge on any atom is 0.232 e. The first-order valence-corrected chi connectivity index (χ1v) is 2.10. The van der Waals surface area contributed by atoms with E-state index in [0.29, 0.717) is 0 Å². The summed E-state index contributed by atoms with van der Waals surface area (Å²) in [5.74, 6) is 0.215. The summed E-state index contributed by atoms with van der Waals surface area (Å²) in [5, 5.41) is 8.16. The van der Waals surface area contributed by atoms with E-state index in [1.165, 1.54) is 12.4 Å². The van der Waals surface area contributed by atoms with Crippen molar-refractivity contribution in [3.8, 4) is 6.07 Å². The molecule has 0 aromatic carbocycles. The van der Waals surface area contributed by atoms with Gasteiger partial charge in [0.25, 0.3) is 0 Å². The Hall–Kier alpha value is -1.47. The largest absolute Gasteiger partial charge is 0.232 e. The van der Waals surface area contributed by atoms with Crippen LogP contribution in [0.5, 0.6) is 0 Å². The Bertz CT molecular complexity index is 203. The lowest BCUT2D eigenvalue weighted by molar-refractivity contribution is 0.686. The lowest BCUT2D eigenvalue weighted by Crippen LogP contribution is -1.82. The average Bonchev–Trinajstić information content (AvgIpc) is 1.90. The molecule has 0 N–H and O–H groups in total. The molecule has 0 spiro atoms. The van der Waals surface area contributed by atoms with Gasteiger partial charge in [-0.25, -0.2) is 9.97 Å². The van der Waals surface area contributed by atoms with Gasteiger partial charge in [-0.2, -0.15) is 5.26 Å². The summed E-state index contributed by atoms with van der Waals surface area (Å²) >= 11 is 0. The number of rotatable bonds is 0. The van der Waals surface area contributed by atoms with E-state index in [4.69, 9.17) is 5.26 Å². The minimum atomic E-state index is 0. The molecule has 1 aromatic rings. The quantitative estimate of drug-likeness (QED) is 0.492. The summed E-state index contributed by atoms with van der Waals surface area (Å²) in [7, 11) is 0. The van der Waals surface area contributed by atoms with Crippen LogP contribution in [0.4, 0.5) is 0 Å². The Kier molecular flexibility index (Phi) is 2.95. The Morgan fingerprint density at radius 3 is 2.22 bits per heavy atom. The van der Waals surface area contributed by atoms with Crippen LogP contribution < -0.4 is 0 Å². The van der Waals surface area contributed by atoms with Gasteiger partial charge in [-0.3, -0.25) is 0 Å². The first kappa shape index (κ1) is 7.53. The van der Waals surface area contributed by atoms with E-state index in [9.17, 15) is 0 Å². The molecule has 1 rings (SSSR count). The molecule has 0 aliphatic rings. The van der Waals surface area contributed by atoms with Crippen molar-refractivity contribution in [2.75, 3.05) is 0 Å². The zero-order valence-electron chi connectivity index (χ0n) is 4.48. The van der Waals surface area contributed by atoms with Crippen molar-refractivity contribution in [1.82, 2.24) is 9.97 Å². The van der Waals surface area contributed by atoms with Crippen molar-refractivity contribution in [3.05, 3.63) is 24.3 Å². The van der Waals surface area contributed by atoms with Crippen molar-refractivity contribution in [2.45, 2.75) is 0 Å². The fourth-order valence-corrected chi connectivity index (χ4v) is 0.357. The van der Waals surface area contributed by atoms with Gasteiger partial charge in [0.2, 0.25) is 5.82 Å². The van der Waals surface area contributed by atoms with Crippen LogP contribution in [0.15, 0.2) is 18.5 Å². The van der Waals surface area contributed by atoms with E-state index in [1.807, 2.05) is 0 Å². The molecule has 1 heterocycles. The van der Waals surface area contributed by atoms with Crippen molar-refractivity contribution >= 4 is 0 Å². The topological polar surface area (TPSA) is 78.1 Å². The standard InChI is InChI=1S/C5H3N3.O/c6-4-5-7-2-1-3-8-5;/h1-3H;. The summed E-state index contributed by atoms with van der Waals surface area (Å²) in [5.41, 5.74) is 0. The van der Waals surface area contributed by atoms with Gasteiger partial charge < -0.3 is 0 Å². The molecule has 4 nitrogen and oxygen atoms in total. The van der Waals surface area contributed by atoms with Gasteiger partial charge >= 0.3 is 0 Å². The first-order chi connectivity index (χ1) is 3.93. The Morgan fingerprint density at radius 2 is 1.89 bits per heavy atom. The zero-order chi connectivity index (χ0) is 5.82. The summed E-state index contributed by atoms with van der Waals surface area (Å²) in [6.45, 7) is 0. The van der Waals surface area contributed by atoms with E-state index in [2.05, 4.69) is 9.97 Å². The lowest BCUT2D eigenvalue weighted by atomic mass is 10.6. The Balaban J connectivity index is 0.000000640. The molecule has 2 radical (unpaired) electrons. The van der Waals surface area contributed by atoms with Crippen molar-refractivity contribution in [3.63, 3.8) is 0 Å². The predicted molar refractivity (Wildman–Crippen MR) is 27.4 cm³/mol. The van der Waals surface area contributed by atoms with Crippen LogP contribution >= 0.6 is 0 Å². The number of aromatic nitrogens is 2. The third kappa shape index (κ3) is 1.84. The lowest BCUT2D eigenvalue weighted by Gasteiger charge is -1.78. The molecular formula is C5H3N3O. The number of nitrogens with zero attached hydrogens (tertiary/aromatic N) is 3.